The maximum absolute atomic E-state index is 14.2. The Kier molecular flexibility index (Phi) is 5.41. The summed E-state index contributed by atoms with van der Waals surface area (Å²) in [5.41, 5.74) is 5.26. The number of ether oxygens (including phenoxy) is 1. The number of carbonyl (C=O) groups is 1. The van der Waals surface area contributed by atoms with Crippen molar-refractivity contribution in [1.82, 2.24) is 4.98 Å². The predicted octanol–water partition coefficient (Wildman–Crippen LogP) is 6.23. The Morgan fingerprint density at radius 1 is 1.16 bits per heavy atom. The molecule has 0 spiro atoms. The number of fused-ring (bicyclic) bond motifs is 1. The summed E-state index contributed by atoms with van der Waals surface area (Å²) >= 11 is 0. The number of nitrogens with zero attached hydrogens (tertiary/aromatic N) is 1. The number of carboxylic acid groups (broad SMARTS) is 1. The monoisotopic (exact) mass is 431 g/mol. The van der Waals surface area contributed by atoms with Gasteiger partial charge in [-0.2, -0.15) is 0 Å². The Balaban J connectivity index is 1.36. The van der Waals surface area contributed by atoms with E-state index in [9.17, 15) is 14.3 Å². The van der Waals surface area contributed by atoms with Crippen LogP contribution in [0, 0.1) is 18.7 Å². The summed E-state index contributed by atoms with van der Waals surface area (Å²) in [6.07, 6.45) is 5.73. The second-order valence-corrected chi connectivity index (χ2v) is 9.01. The van der Waals surface area contributed by atoms with Gasteiger partial charge in [0.2, 0.25) is 0 Å². The number of halogens is 1. The highest BCUT2D eigenvalue weighted by atomic mass is 19.1. The highest BCUT2D eigenvalue weighted by Gasteiger charge is 2.34. The van der Waals surface area contributed by atoms with Gasteiger partial charge in [-0.3, -0.25) is 9.78 Å². The van der Waals surface area contributed by atoms with Crippen LogP contribution in [0.2, 0.25) is 0 Å². The average Bonchev–Trinajstić information content (AvgIpc) is 3.64. The van der Waals surface area contributed by atoms with Gasteiger partial charge in [0.1, 0.15) is 17.7 Å². The van der Waals surface area contributed by atoms with Crippen LogP contribution in [-0.4, -0.2) is 16.1 Å². The first-order valence-electron chi connectivity index (χ1n) is 11.2. The first kappa shape index (κ1) is 20.7. The highest BCUT2D eigenvalue weighted by Crippen LogP contribution is 2.46. The molecule has 1 aliphatic heterocycles. The van der Waals surface area contributed by atoms with Crippen LogP contribution in [0.15, 0.2) is 54.7 Å². The van der Waals surface area contributed by atoms with Crippen molar-refractivity contribution in [1.29, 1.82) is 0 Å². The molecule has 164 valence electrons. The van der Waals surface area contributed by atoms with Crippen molar-refractivity contribution in [2.24, 2.45) is 5.92 Å². The summed E-state index contributed by atoms with van der Waals surface area (Å²) in [5.74, 6) is 0.310. The molecule has 0 amide bonds. The molecule has 0 bridgehead atoms. The van der Waals surface area contributed by atoms with Crippen molar-refractivity contribution in [3.05, 3.63) is 82.8 Å². The van der Waals surface area contributed by atoms with Crippen molar-refractivity contribution in [3.63, 3.8) is 0 Å². The lowest BCUT2D eigenvalue weighted by Crippen LogP contribution is -2.16. The SMILES string of the molecule is Cc1ccc(F)c(-c2ccc(C3CCc4ccc([C@@H](CC(=O)O)C5CC5)cc4O3)cn2)c1. The van der Waals surface area contributed by atoms with Crippen molar-refractivity contribution in [2.45, 2.75) is 51.0 Å². The Labute approximate surface area is 187 Å². The molecule has 2 atom stereocenters. The zero-order chi connectivity index (χ0) is 22.2. The second kappa shape index (κ2) is 8.38. The summed E-state index contributed by atoms with van der Waals surface area (Å²) in [6, 6.07) is 15.0. The summed E-state index contributed by atoms with van der Waals surface area (Å²) in [4.78, 5) is 15.9. The molecule has 2 aromatic carbocycles. The average molecular weight is 432 g/mol. The third kappa shape index (κ3) is 4.24. The first-order valence-corrected chi connectivity index (χ1v) is 11.2. The number of aryl methyl sites for hydroxylation is 2. The molecule has 2 heterocycles. The topological polar surface area (TPSA) is 59.4 Å². The Hall–Kier alpha value is -3.21. The molecule has 3 aromatic rings. The molecule has 0 radical (unpaired) electrons. The number of carboxylic acids is 1. The maximum Gasteiger partial charge on any atom is 0.303 e. The van der Waals surface area contributed by atoms with E-state index in [1.165, 1.54) is 6.07 Å². The number of benzene rings is 2. The Morgan fingerprint density at radius 3 is 2.72 bits per heavy atom. The van der Waals surface area contributed by atoms with Gasteiger partial charge in [0.05, 0.1) is 12.1 Å². The van der Waals surface area contributed by atoms with Crippen molar-refractivity contribution >= 4 is 5.97 Å². The van der Waals surface area contributed by atoms with Crippen LogP contribution in [0.5, 0.6) is 5.75 Å². The van der Waals surface area contributed by atoms with Gasteiger partial charge in [-0.15, -0.1) is 0 Å². The molecule has 1 aliphatic carbocycles. The zero-order valence-electron chi connectivity index (χ0n) is 18.1. The fourth-order valence-electron chi connectivity index (χ4n) is 4.69. The van der Waals surface area contributed by atoms with Gasteiger partial charge >= 0.3 is 5.97 Å². The molecule has 32 heavy (non-hydrogen) atoms. The number of rotatable bonds is 6. The molecule has 1 unspecified atom stereocenters. The molecule has 5 heteroatoms. The summed E-state index contributed by atoms with van der Waals surface area (Å²) in [6.45, 7) is 1.93. The smallest absolute Gasteiger partial charge is 0.303 e. The van der Waals surface area contributed by atoms with Gasteiger partial charge in [-0.1, -0.05) is 29.8 Å². The van der Waals surface area contributed by atoms with Crippen molar-refractivity contribution < 1.29 is 19.0 Å². The minimum absolute atomic E-state index is 0.0481. The minimum Gasteiger partial charge on any atom is -0.485 e. The van der Waals surface area contributed by atoms with Crippen LogP contribution >= 0.6 is 0 Å². The number of hydrogen-bond donors (Lipinski definition) is 1. The van der Waals surface area contributed by atoms with E-state index in [4.69, 9.17) is 4.74 Å². The van der Waals surface area contributed by atoms with Crippen LogP contribution in [0.25, 0.3) is 11.3 Å². The third-order valence-corrected chi connectivity index (χ3v) is 6.61. The largest absolute Gasteiger partial charge is 0.485 e. The fourth-order valence-corrected chi connectivity index (χ4v) is 4.69. The van der Waals surface area contributed by atoms with Crippen LogP contribution in [0.1, 0.15) is 60.0 Å². The lowest BCUT2D eigenvalue weighted by Gasteiger charge is -2.27. The number of aliphatic carboxylic acids is 1. The Bertz CT molecular complexity index is 1150. The van der Waals surface area contributed by atoms with Gasteiger partial charge < -0.3 is 9.84 Å². The van der Waals surface area contributed by atoms with Crippen molar-refractivity contribution in [2.75, 3.05) is 0 Å². The number of pyridine rings is 1. The lowest BCUT2D eigenvalue weighted by atomic mass is 9.88. The maximum atomic E-state index is 14.2. The molecular weight excluding hydrogens is 405 g/mol. The molecule has 0 saturated heterocycles. The molecule has 5 rings (SSSR count). The van der Waals surface area contributed by atoms with Crippen LogP contribution in [0.3, 0.4) is 0 Å². The number of hydrogen-bond acceptors (Lipinski definition) is 3. The van der Waals surface area contributed by atoms with Gasteiger partial charge in [0.15, 0.2) is 0 Å². The van der Waals surface area contributed by atoms with Crippen LogP contribution in [-0.2, 0) is 11.2 Å². The van der Waals surface area contributed by atoms with Gasteiger partial charge in [-0.05, 0) is 79.8 Å². The number of aromatic nitrogens is 1. The highest BCUT2D eigenvalue weighted by molar-refractivity contribution is 5.68. The molecule has 4 nitrogen and oxygen atoms in total. The quantitative estimate of drug-likeness (QED) is 0.503. The summed E-state index contributed by atoms with van der Waals surface area (Å²) in [5, 5.41) is 9.33. The zero-order valence-corrected chi connectivity index (χ0v) is 18.1. The summed E-state index contributed by atoms with van der Waals surface area (Å²) < 4.78 is 20.6. The Morgan fingerprint density at radius 2 is 2.00 bits per heavy atom. The van der Waals surface area contributed by atoms with Crippen molar-refractivity contribution in [3.8, 4) is 17.0 Å². The molecule has 1 aromatic heterocycles. The predicted molar refractivity (Wildman–Crippen MR) is 120 cm³/mol. The molecule has 1 fully saturated rings. The first-order chi connectivity index (χ1) is 15.5. The molecule has 1 saturated carbocycles. The lowest BCUT2D eigenvalue weighted by molar-refractivity contribution is -0.137. The second-order valence-electron chi connectivity index (χ2n) is 9.01. The van der Waals surface area contributed by atoms with Gasteiger partial charge in [0, 0.05) is 17.3 Å². The van der Waals surface area contributed by atoms with E-state index in [-0.39, 0.29) is 24.3 Å². The fraction of sp³-hybridized carbons (Fsp3) is 0.333. The molecule has 1 N–H and O–H groups in total. The van der Waals surface area contributed by atoms with Crippen LogP contribution in [0.4, 0.5) is 4.39 Å². The van der Waals surface area contributed by atoms with E-state index >= 15 is 0 Å². The third-order valence-electron chi connectivity index (χ3n) is 6.61. The van der Waals surface area contributed by atoms with E-state index in [1.54, 1.807) is 18.3 Å². The minimum atomic E-state index is -0.755. The standard InChI is InChI=1S/C27H26FNO3/c1-16-2-9-23(28)22(12-16)24-10-7-20(15-29-24)25-11-8-18-5-6-19(13-26(18)32-25)21(14-27(30)31)17-3-4-17/h2,5-7,9-10,12-13,15,17,21,25H,3-4,8,11,14H2,1H3,(H,30,31)/t21-,25?/m0/s1. The van der Waals surface area contributed by atoms with E-state index in [1.807, 2.05) is 25.1 Å². The van der Waals surface area contributed by atoms with E-state index in [0.29, 0.717) is 17.2 Å². The normalized spacial score (nSPS) is 18.5. The van der Waals surface area contributed by atoms with E-state index < -0.39 is 5.97 Å². The van der Waals surface area contributed by atoms with Crippen LogP contribution < -0.4 is 4.74 Å². The van der Waals surface area contributed by atoms with Gasteiger partial charge in [-0.25, -0.2) is 4.39 Å². The molecule has 2 aliphatic rings. The summed E-state index contributed by atoms with van der Waals surface area (Å²) in [7, 11) is 0. The van der Waals surface area contributed by atoms with E-state index in [2.05, 4.69) is 17.1 Å². The van der Waals surface area contributed by atoms with E-state index in [0.717, 1.165) is 53.7 Å². The molecular formula is C27H26FNO3. The van der Waals surface area contributed by atoms with Gasteiger partial charge in [0.25, 0.3) is 0 Å².